The highest BCUT2D eigenvalue weighted by molar-refractivity contribution is 7.81. The first kappa shape index (κ1) is 18.4. The molecule has 0 saturated heterocycles. The molecule has 1 N–H and O–H groups in total. The van der Waals surface area contributed by atoms with E-state index in [1.165, 1.54) is 0 Å². The summed E-state index contributed by atoms with van der Waals surface area (Å²) in [6.45, 7) is 7.76. The summed E-state index contributed by atoms with van der Waals surface area (Å²) in [5, 5.41) is 10.4. The number of carbonyl (C=O) groups excluding carboxylic acids is 2. The van der Waals surface area contributed by atoms with Crippen LogP contribution in [0.15, 0.2) is 0 Å². The second kappa shape index (κ2) is 8.59. The lowest BCUT2D eigenvalue weighted by molar-refractivity contribution is -0.166. The molecule has 112 valence electrons. The molecule has 0 radical (unpaired) electrons. The largest absolute Gasteiger partial charge is 0.300 e. The summed E-state index contributed by atoms with van der Waals surface area (Å²) < 4.78 is -0.238. The van der Waals surface area contributed by atoms with E-state index < -0.39 is 0 Å². The van der Waals surface area contributed by atoms with Crippen molar-refractivity contribution in [2.45, 2.75) is 64.5 Å². The van der Waals surface area contributed by atoms with Gasteiger partial charge in [-0.3, -0.25) is 10.0 Å². The highest BCUT2D eigenvalue weighted by Crippen LogP contribution is 2.26. The Bertz CT molecular complexity index is 300. The van der Waals surface area contributed by atoms with Gasteiger partial charge >= 0.3 is 0 Å². The Kier molecular flexibility index (Phi) is 8.34. The monoisotopic (exact) mass is 289 g/mol. The molecular formula is C14H27NO3S. The third-order valence-electron chi connectivity index (χ3n) is 3.37. The van der Waals surface area contributed by atoms with Crippen LogP contribution < -0.4 is 0 Å². The quantitative estimate of drug-likeness (QED) is 0.297. The second-order valence-electron chi connectivity index (χ2n) is 5.79. The minimum absolute atomic E-state index is 0.0932. The van der Waals surface area contributed by atoms with E-state index >= 15 is 0 Å². The Balaban J connectivity index is 3.85. The molecule has 1 atom stereocenters. The normalized spacial score (nSPS) is 13.2. The summed E-state index contributed by atoms with van der Waals surface area (Å²) in [5.41, 5.74) is 0. The summed E-state index contributed by atoms with van der Waals surface area (Å²) in [6.07, 6.45) is 3.24. The van der Waals surface area contributed by atoms with Crippen molar-refractivity contribution in [3.05, 3.63) is 0 Å². The molecule has 0 aromatic carbocycles. The number of unbranched alkanes of at least 4 members (excludes halogenated alkanes) is 2. The summed E-state index contributed by atoms with van der Waals surface area (Å²) in [4.78, 5) is 22.5. The lowest BCUT2D eigenvalue weighted by atomic mass is 9.93. The molecule has 0 fully saturated rings. The Morgan fingerprint density at radius 1 is 1.26 bits per heavy atom. The van der Waals surface area contributed by atoms with Gasteiger partial charge in [0.05, 0.1) is 0 Å². The molecule has 0 aliphatic carbocycles. The number of hydrogen-bond acceptors (Lipinski definition) is 4. The molecular weight excluding hydrogens is 262 g/mol. The predicted octanol–water partition coefficient (Wildman–Crippen LogP) is 3.09. The number of amides is 1. The topological polar surface area (TPSA) is 57.6 Å². The lowest BCUT2D eigenvalue weighted by Crippen LogP contribution is -2.33. The van der Waals surface area contributed by atoms with Gasteiger partial charge in [0, 0.05) is 24.1 Å². The Hall–Kier alpha value is -0.550. The zero-order valence-corrected chi connectivity index (χ0v) is 13.4. The van der Waals surface area contributed by atoms with E-state index in [2.05, 4.69) is 12.6 Å². The van der Waals surface area contributed by atoms with Crippen LogP contribution in [0.25, 0.3) is 0 Å². The molecule has 4 nitrogen and oxygen atoms in total. The Labute approximate surface area is 121 Å². The summed E-state index contributed by atoms with van der Waals surface area (Å²) in [5.74, 6) is 0.0126. The number of carbonyl (C=O) groups is 2. The van der Waals surface area contributed by atoms with Gasteiger partial charge in [-0.05, 0) is 25.7 Å². The standard InChI is InChI=1S/C14H27NO3S/c1-11(14(3,4)19)10-13(17)15(18)9-7-5-6-8-12(2)16/h11,18-19H,5-10H2,1-4H3. The van der Waals surface area contributed by atoms with E-state index in [0.717, 1.165) is 17.9 Å². The molecule has 1 unspecified atom stereocenters. The molecule has 0 saturated carbocycles. The first-order valence-electron chi connectivity index (χ1n) is 6.85. The fourth-order valence-electron chi connectivity index (χ4n) is 1.55. The number of rotatable bonds is 9. The summed E-state index contributed by atoms with van der Waals surface area (Å²) in [6, 6.07) is 0. The zero-order valence-electron chi connectivity index (χ0n) is 12.5. The van der Waals surface area contributed by atoms with E-state index in [-0.39, 0.29) is 22.4 Å². The van der Waals surface area contributed by atoms with E-state index in [4.69, 9.17) is 0 Å². The van der Waals surface area contributed by atoms with Crippen LogP contribution in [-0.2, 0) is 9.59 Å². The first-order chi connectivity index (χ1) is 8.64. The number of ketones is 1. The van der Waals surface area contributed by atoms with Crippen molar-refractivity contribution >= 4 is 24.3 Å². The minimum atomic E-state index is -0.263. The molecule has 0 rings (SSSR count). The lowest BCUT2D eigenvalue weighted by Gasteiger charge is -2.27. The van der Waals surface area contributed by atoms with Gasteiger partial charge in [-0.15, -0.1) is 0 Å². The van der Waals surface area contributed by atoms with Crippen LogP contribution in [0.5, 0.6) is 0 Å². The van der Waals surface area contributed by atoms with Gasteiger partial charge in [0.25, 0.3) is 0 Å². The van der Waals surface area contributed by atoms with Gasteiger partial charge in [-0.1, -0.05) is 27.2 Å². The number of thiol groups is 1. The van der Waals surface area contributed by atoms with Crippen molar-refractivity contribution in [1.82, 2.24) is 5.06 Å². The number of Topliss-reactive ketones (excluding diaryl/α,β-unsaturated/α-hetero) is 1. The molecule has 1 amide bonds. The Morgan fingerprint density at radius 2 is 1.84 bits per heavy atom. The van der Waals surface area contributed by atoms with Gasteiger partial charge in [-0.25, -0.2) is 5.06 Å². The predicted molar refractivity (Wildman–Crippen MR) is 79.5 cm³/mol. The smallest absolute Gasteiger partial charge is 0.246 e. The maximum absolute atomic E-state index is 11.8. The molecule has 0 heterocycles. The third-order valence-corrected chi connectivity index (χ3v) is 3.81. The van der Waals surface area contributed by atoms with E-state index in [9.17, 15) is 14.8 Å². The van der Waals surface area contributed by atoms with Crippen LogP contribution in [0, 0.1) is 5.92 Å². The van der Waals surface area contributed by atoms with Crippen molar-refractivity contribution in [3.63, 3.8) is 0 Å². The fraction of sp³-hybridized carbons (Fsp3) is 0.857. The SMILES string of the molecule is CC(=O)CCCCCN(O)C(=O)CC(C)C(C)(C)S. The van der Waals surface area contributed by atoms with Gasteiger partial charge in [0.2, 0.25) is 5.91 Å². The molecule has 0 spiro atoms. The van der Waals surface area contributed by atoms with Crippen LogP contribution in [0.4, 0.5) is 0 Å². The fourth-order valence-corrected chi connectivity index (χ4v) is 1.65. The highest BCUT2D eigenvalue weighted by Gasteiger charge is 2.25. The van der Waals surface area contributed by atoms with Crippen LogP contribution >= 0.6 is 12.6 Å². The summed E-state index contributed by atoms with van der Waals surface area (Å²) >= 11 is 4.43. The third kappa shape index (κ3) is 9.05. The van der Waals surface area contributed by atoms with Crippen molar-refractivity contribution in [2.75, 3.05) is 6.54 Å². The minimum Gasteiger partial charge on any atom is -0.300 e. The molecule has 0 aromatic rings. The second-order valence-corrected chi connectivity index (χ2v) is 6.94. The number of hydroxylamine groups is 2. The number of nitrogens with zero attached hydrogens (tertiary/aromatic N) is 1. The van der Waals surface area contributed by atoms with Crippen LogP contribution in [0.3, 0.4) is 0 Å². The Morgan fingerprint density at radius 3 is 2.32 bits per heavy atom. The summed E-state index contributed by atoms with van der Waals surface area (Å²) in [7, 11) is 0. The molecule has 5 heteroatoms. The maximum Gasteiger partial charge on any atom is 0.246 e. The van der Waals surface area contributed by atoms with Gasteiger partial charge in [-0.2, -0.15) is 12.6 Å². The molecule has 19 heavy (non-hydrogen) atoms. The van der Waals surface area contributed by atoms with Crippen LogP contribution in [0.2, 0.25) is 0 Å². The molecule has 0 aliphatic heterocycles. The van der Waals surface area contributed by atoms with E-state index in [1.807, 2.05) is 20.8 Å². The van der Waals surface area contributed by atoms with Crippen molar-refractivity contribution < 1.29 is 14.8 Å². The van der Waals surface area contributed by atoms with Crippen molar-refractivity contribution in [1.29, 1.82) is 0 Å². The maximum atomic E-state index is 11.8. The van der Waals surface area contributed by atoms with Crippen molar-refractivity contribution in [3.8, 4) is 0 Å². The first-order valence-corrected chi connectivity index (χ1v) is 7.30. The zero-order chi connectivity index (χ0) is 15.1. The average Bonchev–Trinajstić information content (AvgIpc) is 2.26. The van der Waals surface area contributed by atoms with Crippen LogP contribution in [-0.4, -0.2) is 33.3 Å². The number of hydrogen-bond donors (Lipinski definition) is 2. The highest BCUT2D eigenvalue weighted by atomic mass is 32.1. The van der Waals surface area contributed by atoms with E-state index in [0.29, 0.717) is 25.8 Å². The van der Waals surface area contributed by atoms with Gasteiger partial charge in [0.1, 0.15) is 5.78 Å². The van der Waals surface area contributed by atoms with E-state index in [1.54, 1.807) is 6.92 Å². The van der Waals surface area contributed by atoms with Crippen molar-refractivity contribution in [2.24, 2.45) is 5.92 Å². The van der Waals surface area contributed by atoms with Gasteiger partial charge in [0.15, 0.2) is 0 Å². The molecule has 0 aromatic heterocycles. The average molecular weight is 289 g/mol. The van der Waals surface area contributed by atoms with Gasteiger partial charge < -0.3 is 4.79 Å². The molecule has 0 aliphatic rings. The van der Waals surface area contributed by atoms with Crippen LogP contribution in [0.1, 0.15) is 59.8 Å². The molecule has 0 bridgehead atoms.